The van der Waals surface area contributed by atoms with Gasteiger partial charge < -0.3 is 10.5 Å². The number of halogens is 2. The Kier molecular flexibility index (Phi) is 6.71. The van der Waals surface area contributed by atoms with Gasteiger partial charge in [0.2, 0.25) is 10.0 Å². The number of nitrogens with two attached hydrogens (primary N) is 1. The maximum absolute atomic E-state index is 12.6. The molecule has 0 amide bonds. The van der Waals surface area contributed by atoms with Crippen molar-refractivity contribution in [1.82, 2.24) is 4.31 Å². The first-order valence-corrected chi connectivity index (χ1v) is 8.25. The maximum atomic E-state index is 12.6. The number of hydrogen-bond acceptors (Lipinski definition) is 4. The summed E-state index contributed by atoms with van der Waals surface area (Å²) in [5.41, 5.74) is 6.09. The Bertz CT molecular complexity index is 564. The molecule has 0 atom stereocenters. The van der Waals surface area contributed by atoms with Gasteiger partial charge in [0.1, 0.15) is 4.90 Å². The number of benzene rings is 1. The number of methoxy groups -OCH3 is 1. The second kappa shape index (κ2) is 7.59. The van der Waals surface area contributed by atoms with E-state index in [1.54, 1.807) is 6.92 Å². The molecule has 0 aliphatic carbocycles. The Hall–Kier alpha value is -0.370. The van der Waals surface area contributed by atoms with Crippen molar-refractivity contribution < 1.29 is 13.2 Å². The van der Waals surface area contributed by atoms with E-state index in [1.807, 2.05) is 0 Å². The highest BCUT2D eigenvalue weighted by atomic mass is 35.5. The van der Waals surface area contributed by atoms with Crippen LogP contribution in [0, 0.1) is 0 Å². The van der Waals surface area contributed by atoms with Gasteiger partial charge in [0.25, 0.3) is 0 Å². The van der Waals surface area contributed by atoms with Crippen LogP contribution < -0.4 is 5.73 Å². The van der Waals surface area contributed by atoms with E-state index in [9.17, 15) is 8.42 Å². The summed E-state index contributed by atoms with van der Waals surface area (Å²) in [7, 11) is -2.18. The van der Waals surface area contributed by atoms with E-state index in [-0.39, 0.29) is 23.0 Å². The van der Waals surface area contributed by atoms with Crippen LogP contribution in [0.25, 0.3) is 0 Å². The first-order chi connectivity index (χ1) is 9.38. The molecule has 0 spiro atoms. The molecule has 0 fully saturated rings. The summed E-state index contributed by atoms with van der Waals surface area (Å²) in [5, 5.41) is 0.444. The summed E-state index contributed by atoms with van der Waals surface area (Å²) >= 11 is 12.0. The number of nitrogens with zero attached hydrogens (tertiary/aromatic N) is 1. The Morgan fingerprint density at radius 3 is 2.45 bits per heavy atom. The molecular weight excluding hydrogens is 323 g/mol. The first kappa shape index (κ1) is 17.7. The molecule has 114 valence electrons. The molecule has 0 heterocycles. The van der Waals surface area contributed by atoms with Crippen LogP contribution >= 0.6 is 23.2 Å². The third-order valence-corrected chi connectivity index (χ3v) is 5.63. The molecule has 1 rings (SSSR count). The molecule has 0 bridgehead atoms. The van der Waals surface area contributed by atoms with E-state index < -0.39 is 10.0 Å². The van der Waals surface area contributed by atoms with Crippen LogP contribution in [-0.4, -0.2) is 39.5 Å². The lowest BCUT2D eigenvalue weighted by Gasteiger charge is -2.21. The van der Waals surface area contributed by atoms with Gasteiger partial charge in [-0.15, -0.1) is 0 Å². The van der Waals surface area contributed by atoms with E-state index >= 15 is 0 Å². The lowest BCUT2D eigenvalue weighted by molar-refractivity contribution is 0.180. The fraction of sp³-hybridized carbons (Fsp3) is 0.500. The van der Waals surface area contributed by atoms with Crippen LogP contribution in [0.3, 0.4) is 0 Å². The van der Waals surface area contributed by atoms with Gasteiger partial charge in [-0.25, -0.2) is 8.42 Å². The monoisotopic (exact) mass is 340 g/mol. The summed E-state index contributed by atoms with van der Waals surface area (Å²) in [4.78, 5) is 0.0157. The molecule has 0 radical (unpaired) electrons. The zero-order chi connectivity index (χ0) is 15.3. The summed E-state index contributed by atoms with van der Waals surface area (Å²) in [6, 6.07) is 2.83. The molecule has 1 aromatic carbocycles. The minimum atomic E-state index is -3.70. The maximum Gasteiger partial charge on any atom is 0.244 e. The Morgan fingerprint density at radius 2 is 1.95 bits per heavy atom. The highest BCUT2D eigenvalue weighted by Crippen LogP contribution is 2.30. The van der Waals surface area contributed by atoms with Crippen LogP contribution in [0.5, 0.6) is 0 Å². The van der Waals surface area contributed by atoms with Crippen molar-refractivity contribution >= 4 is 33.2 Å². The van der Waals surface area contributed by atoms with Gasteiger partial charge in [-0.2, -0.15) is 4.31 Å². The number of rotatable bonds is 7. The smallest absolute Gasteiger partial charge is 0.244 e. The number of hydrogen-bond donors (Lipinski definition) is 1. The van der Waals surface area contributed by atoms with Gasteiger partial charge in [0, 0.05) is 31.8 Å². The van der Waals surface area contributed by atoms with E-state index in [0.29, 0.717) is 23.7 Å². The average molecular weight is 341 g/mol. The summed E-state index contributed by atoms with van der Waals surface area (Å²) < 4.78 is 31.4. The lowest BCUT2D eigenvalue weighted by Crippen LogP contribution is -2.34. The molecular formula is C12H18Cl2N2O3S. The Morgan fingerprint density at radius 1 is 1.30 bits per heavy atom. The van der Waals surface area contributed by atoms with Crippen LogP contribution in [0.2, 0.25) is 10.0 Å². The average Bonchev–Trinajstić information content (AvgIpc) is 2.39. The van der Waals surface area contributed by atoms with Crippen molar-refractivity contribution in [3.63, 3.8) is 0 Å². The van der Waals surface area contributed by atoms with Crippen molar-refractivity contribution in [1.29, 1.82) is 0 Å². The van der Waals surface area contributed by atoms with E-state index in [2.05, 4.69) is 0 Å². The second-order valence-electron chi connectivity index (χ2n) is 4.07. The molecule has 1 aromatic rings. The van der Waals surface area contributed by atoms with Gasteiger partial charge in [-0.3, -0.25) is 0 Å². The molecule has 2 N–H and O–H groups in total. The fourth-order valence-electron chi connectivity index (χ4n) is 1.71. The molecule has 0 aliphatic rings. The Balaban J connectivity index is 3.26. The van der Waals surface area contributed by atoms with Gasteiger partial charge in [0.05, 0.1) is 11.6 Å². The molecule has 20 heavy (non-hydrogen) atoms. The Labute approximate surface area is 129 Å². The molecule has 8 heteroatoms. The number of likely N-dealkylation sites (N-methyl/N-ethyl adjacent to an activating group) is 1. The third-order valence-electron chi connectivity index (χ3n) is 2.84. The van der Waals surface area contributed by atoms with Crippen LogP contribution in [0.4, 0.5) is 0 Å². The molecule has 0 saturated carbocycles. The van der Waals surface area contributed by atoms with Gasteiger partial charge >= 0.3 is 0 Å². The molecule has 0 aliphatic heterocycles. The zero-order valence-corrected chi connectivity index (χ0v) is 13.7. The van der Waals surface area contributed by atoms with Gasteiger partial charge in [-0.05, 0) is 17.7 Å². The first-order valence-electron chi connectivity index (χ1n) is 6.05. The number of sulfonamides is 1. The van der Waals surface area contributed by atoms with Crippen molar-refractivity contribution in [2.45, 2.75) is 18.4 Å². The van der Waals surface area contributed by atoms with Crippen molar-refractivity contribution in [2.24, 2.45) is 5.73 Å². The molecule has 0 unspecified atom stereocenters. The third kappa shape index (κ3) is 3.84. The van der Waals surface area contributed by atoms with Gasteiger partial charge in [0.15, 0.2) is 0 Å². The van der Waals surface area contributed by atoms with Crippen LogP contribution in [0.15, 0.2) is 17.0 Å². The van der Waals surface area contributed by atoms with Gasteiger partial charge in [-0.1, -0.05) is 30.1 Å². The molecule has 5 nitrogen and oxygen atoms in total. The minimum absolute atomic E-state index is 0.0157. The largest absolute Gasteiger partial charge is 0.383 e. The minimum Gasteiger partial charge on any atom is -0.383 e. The quantitative estimate of drug-likeness (QED) is 0.824. The van der Waals surface area contributed by atoms with Crippen LogP contribution in [0.1, 0.15) is 12.5 Å². The summed E-state index contributed by atoms with van der Waals surface area (Å²) in [5.74, 6) is 0. The van der Waals surface area contributed by atoms with Crippen LogP contribution in [-0.2, 0) is 21.3 Å². The fourth-order valence-corrected chi connectivity index (χ4v) is 3.99. The van der Waals surface area contributed by atoms with Crippen molar-refractivity contribution in [2.75, 3.05) is 26.8 Å². The normalized spacial score (nSPS) is 12.1. The summed E-state index contributed by atoms with van der Waals surface area (Å²) in [6.07, 6.45) is 0. The van der Waals surface area contributed by atoms with E-state index in [0.717, 1.165) is 0 Å². The van der Waals surface area contributed by atoms with Crippen molar-refractivity contribution in [3.05, 3.63) is 27.7 Å². The predicted molar refractivity (Wildman–Crippen MR) is 80.7 cm³/mol. The SMILES string of the molecule is CCN(CCOC)S(=O)(=O)c1cc(CN)c(Cl)cc1Cl. The topological polar surface area (TPSA) is 72.6 Å². The molecule has 0 aromatic heterocycles. The number of ether oxygens (including phenoxy) is 1. The zero-order valence-electron chi connectivity index (χ0n) is 11.4. The molecule has 0 saturated heterocycles. The highest BCUT2D eigenvalue weighted by Gasteiger charge is 2.26. The lowest BCUT2D eigenvalue weighted by atomic mass is 10.2. The van der Waals surface area contributed by atoms with E-state index in [1.165, 1.54) is 23.5 Å². The standard InChI is InChI=1S/C12H18Cl2N2O3S/c1-3-16(4-5-19-2)20(17,18)12-6-9(8-15)10(13)7-11(12)14/h6-7H,3-5,8,15H2,1-2H3. The predicted octanol–water partition coefficient (Wildman–Crippen LogP) is 2.11. The summed E-state index contributed by atoms with van der Waals surface area (Å²) in [6.45, 7) is 2.78. The highest BCUT2D eigenvalue weighted by molar-refractivity contribution is 7.89. The second-order valence-corrected chi connectivity index (χ2v) is 6.79. The van der Waals surface area contributed by atoms with E-state index in [4.69, 9.17) is 33.7 Å². The van der Waals surface area contributed by atoms with Crippen molar-refractivity contribution in [3.8, 4) is 0 Å².